The number of amides is 1. The number of unbranched alkanes of at least 4 members (excludes halogenated alkanes) is 4. The Balaban J connectivity index is 4.52. The molecule has 0 fully saturated rings. The molecule has 2 unspecified atom stereocenters. The highest BCUT2D eigenvalue weighted by Gasteiger charge is 2.32. The topological polar surface area (TPSA) is 38.8 Å². The van der Waals surface area contributed by atoms with Crippen LogP contribution < -0.4 is 0 Å². The molecule has 0 rings (SSSR count). The van der Waals surface area contributed by atoms with Crippen molar-refractivity contribution in [2.24, 2.45) is 0 Å². The van der Waals surface area contributed by atoms with E-state index in [2.05, 4.69) is 6.92 Å². The number of alkyl halides is 3. The molecular formula is C15H28F3NO3. The van der Waals surface area contributed by atoms with Gasteiger partial charge < -0.3 is 14.4 Å². The van der Waals surface area contributed by atoms with Gasteiger partial charge in [-0.15, -0.1) is 0 Å². The number of ether oxygens (including phenoxy) is 2. The van der Waals surface area contributed by atoms with Crippen molar-refractivity contribution < 1.29 is 27.4 Å². The van der Waals surface area contributed by atoms with Gasteiger partial charge in [-0.25, -0.2) is 0 Å². The summed E-state index contributed by atoms with van der Waals surface area (Å²) in [6.07, 6.45) is -0.732. The molecule has 2 atom stereocenters. The Kier molecular flexibility index (Phi) is 10.4. The highest BCUT2D eigenvalue weighted by atomic mass is 19.4. The number of halogens is 3. The molecule has 0 aromatic heterocycles. The Hall–Kier alpha value is -0.820. The lowest BCUT2D eigenvalue weighted by Crippen LogP contribution is -2.45. The van der Waals surface area contributed by atoms with Gasteiger partial charge in [-0.1, -0.05) is 32.6 Å². The number of hydrogen-bond acceptors (Lipinski definition) is 3. The molecule has 0 radical (unpaired) electrons. The monoisotopic (exact) mass is 327 g/mol. The zero-order valence-electron chi connectivity index (χ0n) is 13.9. The van der Waals surface area contributed by atoms with Gasteiger partial charge in [0.2, 0.25) is 0 Å². The van der Waals surface area contributed by atoms with E-state index in [1.807, 2.05) is 0 Å². The number of methoxy groups -OCH3 is 1. The summed E-state index contributed by atoms with van der Waals surface area (Å²) in [6, 6.07) is 0. The van der Waals surface area contributed by atoms with Crippen LogP contribution >= 0.6 is 0 Å². The maximum absolute atomic E-state index is 12.3. The van der Waals surface area contributed by atoms with Gasteiger partial charge in [-0.2, -0.15) is 13.2 Å². The van der Waals surface area contributed by atoms with Gasteiger partial charge in [0, 0.05) is 14.2 Å². The van der Waals surface area contributed by atoms with Crippen molar-refractivity contribution in [1.82, 2.24) is 4.90 Å². The standard InChI is InChI=1S/C15H28F3NO3/c1-5-6-7-8-9-10-13(22-11-15(16,17)18)19(3)14(20)12(2)21-4/h12-13H,5-11H2,1-4H3. The highest BCUT2D eigenvalue weighted by molar-refractivity contribution is 5.80. The Labute approximate surface area is 130 Å². The van der Waals surface area contributed by atoms with Crippen LogP contribution in [0.3, 0.4) is 0 Å². The molecular weight excluding hydrogens is 299 g/mol. The van der Waals surface area contributed by atoms with Crippen molar-refractivity contribution >= 4 is 5.91 Å². The second kappa shape index (κ2) is 10.8. The lowest BCUT2D eigenvalue weighted by atomic mass is 10.1. The Bertz CT molecular complexity index is 311. The molecule has 0 bridgehead atoms. The molecule has 0 saturated carbocycles. The summed E-state index contributed by atoms with van der Waals surface area (Å²) in [5.74, 6) is -0.386. The van der Waals surface area contributed by atoms with Crippen LogP contribution in [0, 0.1) is 0 Å². The number of carbonyl (C=O) groups excluding carboxylic acids is 1. The fourth-order valence-corrected chi connectivity index (χ4v) is 2.03. The maximum atomic E-state index is 12.3. The van der Waals surface area contributed by atoms with E-state index in [1.165, 1.54) is 19.1 Å². The van der Waals surface area contributed by atoms with Gasteiger partial charge in [-0.3, -0.25) is 4.79 Å². The second-order valence-electron chi connectivity index (χ2n) is 5.41. The van der Waals surface area contributed by atoms with E-state index in [0.29, 0.717) is 6.42 Å². The van der Waals surface area contributed by atoms with E-state index in [9.17, 15) is 18.0 Å². The summed E-state index contributed by atoms with van der Waals surface area (Å²) in [4.78, 5) is 13.2. The lowest BCUT2D eigenvalue weighted by molar-refractivity contribution is -0.205. The zero-order valence-corrected chi connectivity index (χ0v) is 13.9. The maximum Gasteiger partial charge on any atom is 0.411 e. The third-order valence-corrected chi connectivity index (χ3v) is 3.47. The fourth-order valence-electron chi connectivity index (χ4n) is 2.03. The first kappa shape index (κ1) is 21.2. The van der Waals surface area contributed by atoms with E-state index < -0.39 is 25.1 Å². The summed E-state index contributed by atoms with van der Waals surface area (Å²) in [5, 5.41) is 0. The minimum atomic E-state index is -4.41. The quantitative estimate of drug-likeness (QED) is 0.428. The molecule has 0 heterocycles. The van der Waals surface area contributed by atoms with E-state index in [4.69, 9.17) is 9.47 Å². The minimum absolute atomic E-state index is 0.386. The largest absolute Gasteiger partial charge is 0.411 e. The van der Waals surface area contributed by atoms with Crippen molar-refractivity contribution in [2.75, 3.05) is 20.8 Å². The third-order valence-electron chi connectivity index (χ3n) is 3.47. The molecule has 22 heavy (non-hydrogen) atoms. The molecule has 7 heteroatoms. The molecule has 0 aromatic carbocycles. The molecule has 0 aliphatic carbocycles. The smallest absolute Gasteiger partial charge is 0.372 e. The van der Waals surface area contributed by atoms with Crippen molar-refractivity contribution in [3.8, 4) is 0 Å². The van der Waals surface area contributed by atoms with Crippen LogP contribution in [0.4, 0.5) is 13.2 Å². The zero-order chi connectivity index (χ0) is 17.2. The summed E-state index contributed by atoms with van der Waals surface area (Å²) >= 11 is 0. The van der Waals surface area contributed by atoms with Crippen LogP contribution in [0.15, 0.2) is 0 Å². The van der Waals surface area contributed by atoms with Crippen LogP contribution in [0.5, 0.6) is 0 Å². The summed E-state index contributed by atoms with van der Waals surface area (Å²) in [6.45, 7) is 2.29. The third kappa shape index (κ3) is 9.25. The first-order chi connectivity index (χ1) is 10.2. The fraction of sp³-hybridized carbons (Fsp3) is 0.933. The molecule has 0 aliphatic rings. The minimum Gasteiger partial charge on any atom is -0.372 e. The van der Waals surface area contributed by atoms with Gasteiger partial charge >= 0.3 is 6.18 Å². The average Bonchev–Trinajstić information content (AvgIpc) is 2.46. The van der Waals surface area contributed by atoms with Gasteiger partial charge in [0.15, 0.2) is 0 Å². The summed E-state index contributed by atoms with van der Waals surface area (Å²) in [7, 11) is 2.83. The molecule has 1 amide bonds. The Morgan fingerprint density at radius 1 is 1.18 bits per heavy atom. The lowest BCUT2D eigenvalue weighted by Gasteiger charge is -2.30. The van der Waals surface area contributed by atoms with Crippen molar-refractivity contribution in [3.63, 3.8) is 0 Å². The number of likely N-dealkylation sites (N-methyl/N-ethyl adjacent to an activating group) is 1. The van der Waals surface area contributed by atoms with E-state index in [-0.39, 0.29) is 5.91 Å². The second-order valence-corrected chi connectivity index (χ2v) is 5.41. The average molecular weight is 327 g/mol. The number of hydrogen-bond donors (Lipinski definition) is 0. The SMILES string of the molecule is CCCCCCCC(OCC(F)(F)F)N(C)C(=O)C(C)OC. The van der Waals surface area contributed by atoms with Crippen LogP contribution in [-0.2, 0) is 14.3 Å². The van der Waals surface area contributed by atoms with Crippen LogP contribution in [0.1, 0.15) is 52.4 Å². The van der Waals surface area contributed by atoms with Crippen LogP contribution in [0.2, 0.25) is 0 Å². The molecule has 0 aromatic rings. The first-order valence-corrected chi connectivity index (χ1v) is 7.70. The van der Waals surface area contributed by atoms with E-state index >= 15 is 0 Å². The number of rotatable bonds is 11. The summed E-state index contributed by atoms with van der Waals surface area (Å²) in [5.41, 5.74) is 0. The molecule has 4 nitrogen and oxygen atoms in total. The molecule has 132 valence electrons. The first-order valence-electron chi connectivity index (χ1n) is 7.70. The van der Waals surface area contributed by atoms with Crippen molar-refractivity contribution in [2.45, 2.75) is 70.9 Å². The molecule has 0 saturated heterocycles. The number of nitrogens with zero attached hydrogens (tertiary/aromatic N) is 1. The molecule has 0 spiro atoms. The van der Waals surface area contributed by atoms with Crippen LogP contribution in [-0.4, -0.2) is 50.1 Å². The number of carbonyl (C=O) groups is 1. The van der Waals surface area contributed by atoms with Crippen LogP contribution in [0.25, 0.3) is 0 Å². The molecule has 0 N–H and O–H groups in total. The van der Waals surface area contributed by atoms with E-state index in [1.54, 1.807) is 6.92 Å². The van der Waals surface area contributed by atoms with Gasteiger partial charge in [0.1, 0.15) is 18.9 Å². The Morgan fingerprint density at radius 2 is 1.77 bits per heavy atom. The predicted molar refractivity (Wildman–Crippen MR) is 78.4 cm³/mol. The highest BCUT2D eigenvalue weighted by Crippen LogP contribution is 2.19. The van der Waals surface area contributed by atoms with Crippen molar-refractivity contribution in [1.29, 1.82) is 0 Å². The van der Waals surface area contributed by atoms with Gasteiger partial charge in [0.25, 0.3) is 5.91 Å². The summed E-state index contributed by atoms with van der Waals surface area (Å²) < 4.78 is 46.9. The van der Waals surface area contributed by atoms with Gasteiger partial charge in [-0.05, 0) is 19.8 Å². The Morgan fingerprint density at radius 3 is 2.27 bits per heavy atom. The normalized spacial score (nSPS) is 14.7. The predicted octanol–water partition coefficient (Wildman–Crippen LogP) is 3.75. The van der Waals surface area contributed by atoms with E-state index in [0.717, 1.165) is 32.1 Å². The molecule has 0 aliphatic heterocycles. The van der Waals surface area contributed by atoms with Crippen molar-refractivity contribution in [3.05, 3.63) is 0 Å². The van der Waals surface area contributed by atoms with Gasteiger partial charge in [0.05, 0.1) is 0 Å².